The first-order valence-electron chi connectivity index (χ1n) is 7.80. The third kappa shape index (κ3) is 2.54. The normalized spacial score (nSPS) is 24.2. The molecule has 0 unspecified atom stereocenters. The van der Waals surface area contributed by atoms with Gasteiger partial charge in [0, 0.05) is 10.4 Å². The summed E-state index contributed by atoms with van der Waals surface area (Å²) in [6, 6.07) is 11.7. The van der Waals surface area contributed by atoms with Gasteiger partial charge in [0.05, 0.1) is 22.3 Å². The van der Waals surface area contributed by atoms with Crippen LogP contribution in [0.2, 0.25) is 5.02 Å². The highest BCUT2D eigenvalue weighted by Gasteiger charge is 2.39. The van der Waals surface area contributed by atoms with Crippen molar-refractivity contribution in [3.8, 4) is 0 Å². The molecule has 3 atom stereocenters. The summed E-state index contributed by atoms with van der Waals surface area (Å²) in [4.78, 5) is 11.3. The SMILES string of the molecule is O=C(O)c1cc(Cl)c2c(c1)[C@@H]1C=CC[C@H]1[C@H](c1ccc(Br)cc1)N2. The van der Waals surface area contributed by atoms with Crippen molar-refractivity contribution in [2.45, 2.75) is 18.4 Å². The summed E-state index contributed by atoms with van der Waals surface area (Å²) in [5.41, 5.74) is 3.28. The number of carboxylic acid groups (broad SMARTS) is 1. The van der Waals surface area contributed by atoms with Gasteiger partial charge in [-0.25, -0.2) is 4.79 Å². The fourth-order valence-electron chi connectivity index (χ4n) is 3.78. The zero-order valence-electron chi connectivity index (χ0n) is 12.7. The summed E-state index contributed by atoms with van der Waals surface area (Å²) >= 11 is 9.88. The molecule has 0 saturated heterocycles. The standard InChI is InChI=1S/C19H15BrClNO2/c20-12-6-4-10(5-7-12)17-14-3-1-2-13(14)15-8-11(19(23)24)9-16(21)18(15)22-17/h1-2,4-9,13-14,17,22H,3H2,(H,23,24)/t13-,14-,17+/m1/s1. The second kappa shape index (κ2) is 5.94. The second-order valence-corrected chi connectivity index (χ2v) is 7.58. The molecule has 0 radical (unpaired) electrons. The second-order valence-electron chi connectivity index (χ2n) is 6.25. The maximum atomic E-state index is 11.3. The number of carboxylic acids is 1. The molecule has 1 aliphatic carbocycles. The van der Waals surface area contributed by atoms with Crippen molar-refractivity contribution in [3.05, 3.63) is 74.7 Å². The number of benzene rings is 2. The number of fused-ring (bicyclic) bond motifs is 3. The van der Waals surface area contributed by atoms with Crippen LogP contribution in [0.3, 0.4) is 0 Å². The van der Waals surface area contributed by atoms with Crippen molar-refractivity contribution < 1.29 is 9.90 Å². The topological polar surface area (TPSA) is 49.3 Å². The van der Waals surface area contributed by atoms with E-state index in [1.807, 2.05) is 12.1 Å². The highest BCUT2D eigenvalue weighted by Crippen LogP contribution is 2.51. The minimum atomic E-state index is -0.951. The lowest BCUT2D eigenvalue weighted by Gasteiger charge is -2.38. The molecule has 1 aliphatic heterocycles. The fraction of sp³-hybridized carbons (Fsp3) is 0.211. The molecule has 0 aromatic heterocycles. The summed E-state index contributed by atoms with van der Waals surface area (Å²) in [6.07, 6.45) is 5.32. The summed E-state index contributed by atoms with van der Waals surface area (Å²) < 4.78 is 1.05. The van der Waals surface area contributed by atoms with Crippen LogP contribution in [0.1, 0.15) is 39.9 Å². The first-order valence-corrected chi connectivity index (χ1v) is 8.97. The Morgan fingerprint density at radius 1 is 1.25 bits per heavy atom. The fourth-order valence-corrected chi connectivity index (χ4v) is 4.32. The van der Waals surface area contributed by atoms with Crippen LogP contribution in [0.25, 0.3) is 0 Å². The molecule has 3 nitrogen and oxygen atoms in total. The molecule has 0 amide bonds. The lowest BCUT2D eigenvalue weighted by atomic mass is 9.76. The van der Waals surface area contributed by atoms with E-state index in [-0.39, 0.29) is 17.5 Å². The van der Waals surface area contributed by atoms with E-state index in [1.165, 1.54) is 11.6 Å². The van der Waals surface area contributed by atoms with Gasteiger partial charge in [-0.2, -0.15) is 0 Å². The summed E-state index contributed by atoms with van der Waals surface area (Å²) in [5.74, 6) is -0.404. The molecule has 0 fully saturated rings. The smallest absolute Gasteiger partial charge is 0.335 e. The first kappa shape index (κ1) is 15.7. The van der Waals surface area contributed by atoms with Crippen molar-refractivity contribution in [1.29, 1.82) is 0 Å². The molecule has 2 N–H and O–H groups in total. The van der Waals surface area contributed by atoms with Gasteiger partial charge in [-0.15, -0.1) is 0 Å². The van der Waals surface area contributed by atoms with Crippen molar-refractivity contribution in [2.75, 3.05) is 5.32 Å². The zero-order chi connectivity index (χ0) is 16.8. The van der Waals surface area contributed by atoms with Crippen LogP contribution >= 0.6 is 27.5 Å². The van der Waals surface area contributed by atoms with Gasteiger partial charge in [0.25, 0.3) is 0 Å². The van der Waals surface area contributed by atoms with E-state index in [9.17, 15) is 9.90 Å². The Kier molecular flexibility index (Phi) is 3.89. The molecule has 4 rings (SSSR count). The van der Waals surface area contributed by atoms with Crippen LogP contribution in [-0.2, 0) is 0 Å². The van der Waals surface area contributed by atoms with Crippen LogP contribution in [0.5, 0.6) is 0 Å². The average molecular weight is 405 g/mol. The predicted molar refractivity (Wildman–Crippen MR) is 98.9 cm³/mol. The van der Waals surface area contributed by atoms with E-state index in [2.05, 4.69) is 45.5 Å². The molecule has 2 aromatic rings. The van der Waals surface area contributed by atoms with E-state index < -0.39 is 5.97 Å². The van der Waals surface area contributed by atoms with Crippen molar-refractivity contribution in [3.63, 3.8) is 0 Å². The highest BCUT2D eigenvalue weighted by molar-refractivity contribution is 9.10. The Hall–Kier alpha value is -1.78. The number of rotatable bonds is 2. The molecule has 122 valence electrons. The largest absolute Gasteiger partial charge is 0.478 e. The molecule has 24 heavy (non-hydrogen) atoms. The Morgan fingerprint density at radius 2 is 2.00 bits per heavy atom. The quantitative estimate of drug-likeness (QED) is 0.638. The number of hydrogen-bond donors (Lipinski definition) is 2. The van der Waals surface area contributed by atoms with E-state index in [1.54, 1.807) is 6.07 Å². The van der Waals surface area contributed by atoms with Gasteiger partial charge < -0.3 is 10.4 Å². The molecule has 0 saturated carbocycles. The third-order valence-corrected chi connectivity index (χ3v) is 5.72. The van der Waals surface area contributed by atoms with Crippen molar-refractivity contribution in [1.82, 2.24) is 0 Å². The summed E-state index contributed by atoms with van der Waals surface area (Å²) in [5, 5.41) is 13.3. The lowest BCUT2D eigenvalue weighted by Crippen LogP contribution is -2.29. The van der Waals surface area contributed by atoms with Crippen LogP contribution in [0.15, 0.2) is 53.0 Å². The maximum Gasteiger partial charge on any atom is 0.335 e. The van der Waals surface area contributed by atoms with Crippen LogP contribution in [-0.4, -0.2) is 11.1 Å². The maximum absolute atomic E-state index is 11.3. The van der Waals surface area contributed by atoms with Crippen molar-refractivity contribution in [2.24, 2.45) is 5.92 Å². The molecule has 2 aliphatic rings. The number of carbonyl (C=O) groups is 1. The number of halogens is 2. The van der Waals surface area contributed by atoms with Gasteiger partial charge in [-0.1, -0.05) is 51.8 Å². The Bertz CT molecular complexity index is 847. The number of allylic oxidation sites excluding steroid dienone is 2. The summed E-state index contributed by atoms with van der Waals surface area (Å²) in [6.45, 7) is 0. The predicted octanol–water partition coefficient (Wildman–Crippen LogP) is 5.63. The van der Waals surface area contributed by atoms with Gasteiger partial charge in [0.1, 0.15) is 0 Å². The lowest BCUT2D eigenvalue weighted by molar-refractivity contribution is 0.0696. The number of nitrogens with one attached hydrogen (secondary N) is 1. The van der Waals surface area contributed by atoms with Crippen LogP contribution in [0.4, 0.5) is 5.69 Å². The molecule has 1 heterocycles. The number of anilines is 1. The van der Waals surface area contributed by atoms with E-state index in [0.717, 1.165) is 22.1 Å². The van der Waals surface area contributed by atoms with Crippen molar-refractivity contribution >= 4 is 39.2 Å². The Morgan fingerprint density at radius 3 is 2.71 bits per heavy atom. The van der Waals surface area contributed by atoms with Gasteiger partial charge in [0.2, 0.25) is 0 Å². The molecule has 0 spiro atoms. The summed E-state index contributed by atoms with van der Waals surface area (Å²) in [7, 11) is 0. The highest BCUT2D eigenvalue weighted by atomic mass is 79.9. The Balaban J connectivity index is 1.82. The molecule has 5 heteroatoms. The zero-order valence-corrected chi connectivity index (χ0v) is 15.0. The monoisotopic (exact) mass is 403 g/mol. The van der Waals surface area contributed by atoms with Gasteiger partial charge in [0.15, 0.2) is 0 Å². The molecular weight excluding hydrogens is 390 g/mol. The number of aromatic carboxylic acids is 1. The third-order valence-electron chi connectivity index (χ3n) is 4.90. The molecular formula is C19H15BrClNO2. The van der Waals surface area contributed by atoms with Crippen LogP contribution in [0, 0.1) is 5.92 Å². The van der Waals surface area contributed by atoms with E-state index >= 15 is 0 Å². The minimum Gasteiger partial charge on any atom is -0.478 e. The van der Waals surface area contributed by atoms with E-state index in [4.69, 9.17) is 11.6 Å². The molecule has 0 bridgehead atoms. The van der Waals surface area contributed by atoms with E-state index in [0.29, 0.717) is 10.9 Å². The number of hydrogen-bond acceptors (Lipinski definition) is 2. The molecule has 2 aromatic carbocycles. The van der Waals surface area contributed by atoms with Gasteiger partial charge in [-0.3, -0.25) is 0 Å². The Labute approximate surface area is 153 Å². The first-order chi connectivity index (χ1) is 11.5. The average Bonchev–Trinajstić information content (AvgIpc) is 3.05. The van der Waals surface area contributed by atoms with Gasteiger partial charge in [-0.05, 0) is 47.7 Å². The van der Waals surface area contributed by atoms with Crippen LogP contribution < -0.4 is 5.32 Å². The minimum absolute atomic E-state index is 0.152. The van der Waals surface area contributed by atoms with Gasteiger partial charge >= 0.3 is 5.97 Å².